The molecule has 0 spiro atoms. The van der Waals surface area contributed by atoms with E-state index in [4.69, 9.17) is 0 Å². The molecular weight excluding hydrogens is 419 g/mol. The van der Waals surface area contributed by atoms with Gasteiger partial charge in [0.25, 0.3) is 0 Å². The van der Waals surface area contributed by atoms with Gasteiger partial charge < -0.3 is 14.4 Å². The first-order valence-electron chi connectivity index (χ1n) is 9.12. The highest BCUT2D eigenvalue weighted by Gasteiger charge is 2.31. The average Bonchev–Trinajstić information content (AvgIpc) is 3.00. The molecule has 0 aliphatic heterocycles. The lowest BCUT2D eigenvalue weighted by molar-refractivity contribution is -0.151. The largest absolute Gasteiger partial charge is 0.468 e. The predicted molar refractivity (Wildman–Crippen MR) is 102 cm³/mol. The Morgan fingerprint density at radius 1 is 1.06 bits per heavy atom. The normalized spacial score (nSPS) is 11.2. The third-order valence-corrected chi connectivity index (χ3v) is 4.64. The van der Waals surface area contributed by atoms with E-state index in [-0.39, 0.29) is 12.1 Å². The molecule has 8 nitrogen and oxygen atoms in total. The molecule has 2 aromatic rings. The molecule has 0 aliphatic carbocycles. The summed E-state index contributed by atoms with van der Waals surface area (Å²) in [5.74, 6) is -2.00. The van der Waals surface area contributed by atoms with E-state index in [2.05, 4.69) is 14.6 Å². The fourth-order valence-electron chi connectivity index (χ4n) is 2.93. The van der Waals surface area contributed by atoms with E-state index in [0.717, 1.165) is 31.3 Å². The summed E-state index contributed by atoms with van der Waals surface area (Å²) in [6.45, 7) is 2.33. The summed E-state index contributed by atoms with van der Waals surface area (Å²) >= 11 is 0. The van der Waals surface area contributed by atoms with Gasteiger partial charge in [-0.25, -0.2) is 4.68 Å². The Bertz CT molecular complexity index is 967. The third kappa shape index (κ3) is 5.83. The highest BCUT2D eigenvalue weighted by Crippen LogP contribution is 2.31. The topological polar surface area (TPSA) is 90.7 Å². The van der Waals surface area contributed by atoms with Crippen LogP contribution in [0.4, 0.5) is 13.2 Å². The van der Waals surface area contributed by atoms with Crippen LogP contribution >= 0.6 is 0 Å². The summed E-state index contributed by atoms with van der Waals surface area (Å²) < 4.78 is 49.5. The van der Waals surface area contributed by atoms with Gasteiger partial charge in [-0.05, 0) is 32.0 Å². The minimum absolute atomic E-state index is 0.190. The Morgan fingerprint density at radius 3 is 2.16 bits per heavy atom. The Morgan fingerprint density at radius 2 is 1.65 bits per heavy atom. The first kappa shape index (κ1) is 23.9. The van der Waals surface area contributed by atoms with Crippen LogP contribution in [0.25, 0.3) is 5.69 Å². The molecule has 0 bridgehead atoms. The quantitative estimate of drug-likeness (QED) is 0.612. The first-order chi connectivity index (χ1) is 14.5. The lowest BCUT2D eigenvalue weighted by Gasteiger charge is -2.20. The van der Waals surface area contributed by atoms with E-state index in [1.54, 1.807) is 13.8 Å². The number of esters is 2. The van der Waals surface area contributed by atoms with Crippen LogP contribution in [-0.2, 0) is 36.5 Å². The molecule has 168 valence electrons. The van der Waals surface area contributed by atoms with Gasteiger partial charge in [0.1, 0.15) is 13.1 Å². The highest BCUT2D eigenvalue weighted by molar-refractivity contribution is 5.87. The van der Waals surface area contributed by atoms with Crippen LogP contribution in [0.3, 0.4) is 0 Å². The number of hydrogen-bond donors (Lipinski definition) is 0. The Balaban J connectivity index is 2.33. The molecule has 0 saturated carbocycles. The SMILES string of the molecule is COC(=O)CN(CC(=O)OC)C(=O)Cc1c(C)nn(-c2cccc(C(F)(F)F)c2)c1C. The van der Waals surface area contributed by atoms with Gasteiger partial charge in [0.05, 0.1) is 37.6 Å². The van der Waals surface area contributed by atoms with Crippen molar-refractivity contribution in [2.45, 2.75) is 26.4 Å². The van der Waals surface area contributed by atoms with Crippen LogP contribution in [0.15, 0.2) is 24.3 Å². The second-order valence-corrected chi connectivity index (χ2v) is 6.69. The third-order valence-electron chi connectivity index (χ3n) is 4.64. The van der Waals surface area contributed by atoms with Crippen molar-refractivity contribution in [2.75, 3.05) is 27.3 Å². The average molecular weight is 441 g/mol. The number of nitrogens with zero attached hydrogens (tertiary/aromatic N) is 3. The summed E-state index contributed by atoms with van der Waals surface area (Å²) in [7, 11) is 2.30. The number of amides is 1. The summed E-state index contributed by atoms with van der Waals surface area (Å²) in [6, 6.07) is 4.66. The van der Waals surface area contributed by atoms with Gasteiger partial charge in [-0.2, -0.15) is 18.3 Å². The zero-order valence-electron chi connectivity index (χ0n) is 17.4. The van der Waals surface area contributed by atoms with Crippen molar-refractivity contribution in [3.05, 3.63) is 46.8 Å². The number of hydrogen-bond acceptors (Lipinski definition) is 6. The maximum Gasteiger partial charge on any atom is 0.416 e. The number of halogens is 3. The fourth-order valence-corrected chi connectivity index (χ4v) is 2.93. The van der Waals surface area contributed by atoms with Crippen LogP contribution in [0, 0.1) is 13.8 Å². The van der Waals surface area contributed by atoms with E-state index in [0.29, 0.717) is 17.0 Å². The molecule has 1 heterocycles. The maximum absolute atomic E-state index is 13.0. The minimum atomic E-state index is -4.51. The monoisotopic (exact) mass is 441 g/mol. The molecule has 31 heavy (non-hydrogen) atoms. The molecule has 0 radical (unpaired) electrons. The van der Waals surface area contributed by atoms with Crippen molar-refractivity contribution in [3.63, 3.8) is 0 Å². The number of methoxy groups -OCH3 is 2. The Hall–Kier alpha value is -3.37. The smallest absolute Gasteiger partial charge is 0.416 e. The van der Waals surface area contributed by atoms with E-state index in [1.807, 2.05) is 0 Å². The zero-order valence-corrected chi connectivity index (χ0v) is 17.4. The van der Waals surface area contributed by atoms with Crippen molar-refractivity contribution in [1.82, 2.24) is 14.7 Å². The summed E-state index contributed by atoms with van der Waals surface area (Å²) in [5, 5.41) is 4.27. The predicted octanol–water partition coefficient (Wildman–Crippen LogP) is 2.23. The Labute approximate surface area is 176 Å². The molecule has 0 N–H and O–H groups in total. The lowest BCUT2D eigenvalue weighted by atomic mass is 10.1. The summed E-state index contributed by atoms with van der Waals surface area (Å²) in [5.41, 5.74) is 0.732. The van der Waals surface area contributed by atoms with Gasteiger partial charge in [0, 0.05) is 11.3 Å². The van der Waals surface area contributed by atoms with Crippen molar-refractivity contribution in [3.8, 4) is 5.69 Å². The van der Waals surface area contributed by atoms with Gasteiger partial charge >= 0.3 is 18.1 Å². The maximum atomic E-state index is 13.0. The standard InChI is InChI=1S/C20H22F3N3O5/c1-12-16(9-17(27)25(10-18(28)30-3)11-19(29)31-4)13(2)26(24-12)15-7-5-6-14(8-15)20(21,22)23/h5-8H,9-11H2,1-4H3. The summed E-state index contributed by atoms with van der Waals surface area (Å²) in [4.78, 5) is 37.0. The number of aryl methyl sites for hydroxylation is 1. The van der Waals surface area contributed by atoms with Crippen molar-refractivity contribution in [2.24, 2.45) is 0 Å². The molecule has 0 atom stereocenters. The van der Waals surface area contributed by atoms with Crippen molar-refractivity contribution < 1.29 is 37.0 Å². The van der Waals surface area contributed by atoms with Crippen LogP contribution in [0.5, 0.6) is 0 Å². The van der Waals surface area contributed by atoms with Crippen molar-refractivity contribution in [1.29, 1.82) is 0 Å². The molecule has 2 rings (SSSR count). The van der Waals surface area contributed by atoms with Crippen LogP contribution < -0.4 is 0 Å². The molecule has 1 aromatic heterocycles. The molecule has 11 heteroatoms. The second kappa shape index (κ2) is 9.63. The van der Waals surface area contributed by atoms with E-state index < -0.39 is 42.7 Å². The van der Waals surface area contributed by atoms with Gasteiger partial charge in [0.2, 0.25) is 5.91 Å². The van der Waals surface area contributed by atoms with E-state index in [9.17, 15) is 27.6 Å². The number of alkyl halides is 3. The Kier molecular flexibility index (Phi) is 7.42. The fraction of sp³-hybridized carbons (Fsp3) is 0.400. The molecule has 1 aromatic carbocycles. The molecule has 0 aliphatic rings. The van der Waals surface area contributed by atoms with Crippen LogP contribution in [0.2, 0.25) is 0 Å². The van der Waals surface area contributed by atoms with Gasteiger partial charge in [-0.3, -0.25) is 14.4 Å². The number of benzene rings is 1. The number of rotatable bonds is 7. The van der Waals surface area contributed by atoms with E-state index >= 15 is 0 Å². The molecule has 0 saturated heterocycles. The van der Waals surface area contributed by atoms with Crippen LogP contribution in [-0.4, -0.2) is 59.8 Å². The minimum Gasteiger partial charge on any atom is -0.468 e. The first-order valence-corrected chi connectivity index (χ1v) is 9.12. The number of carbonyl (C=O) groups excluding carboxylic acids is 3. The molecule has 0 fully saturated rings. The number of aromatic nitrogens is 2. The van der Waals surface area contributed by atoms with Crippen molar-refractivity contribution >= 4 is 17.8 Å². The van der Waals surface area contributed by atoms with Crippen LogP contribution in [0.1, 0.15) is 22.5 Å². The lowest BCUT2D eigenvalue weighted by Crippen LogP contribution is -2.41. The van der Waals surface area contributed by atoms with Gasteiger partial charge in [-0.15, -0.1) is 0 Å². The van der Waals surface area contributed by atoms with Gasteiger partial charge in [0.15, 0.2) is 0 Å². The number of ether oxygens (including phenoxy) is 2. The molecule has 0 unspecified atom stereocenters. The zero-order chi connectivity index (χ0) is 23.3. The second-order valence-electron chi connectivity index (χ2n) is 6.69. The van der Waals surface area contributed by atoms with Gasteiger partial charge in [-0.1, -0.05) is 6.07 Å². The number of carbonyl (C=O) groups is 3. The highest BCUT2D eigenvalue weighted by atomic mass is 19.4. The summed E-state index contributed by atoms with van der Waals surface area (Å²) in [6.07, 6.45) is -4.72. The molecule has 1 amide bonds. The molecular formula is C20H22F3N3O5. The van der Waals surface area contributed by atoms with E-state index in [1.165, 1.54) is 16.8 Å².